The van der Waals surface area contributed by atoms with E-state index in [9.17, 15) is 9.59 Å². The fraction of sp³-hybridized carbons (Fsp3) is 0.583. The van der Waals surface area contributed by atoms with Crippen LogP contribution in [-0.4, -0.2) is 44.3 Å². The predicted octanol–water partition coefficient (Wildman–Crippen LogP) is 0.176. The average molecular weight is 269 g/mol. The average Bonchev–Trinajstić information content (AvgIpc) is 2.88. The van der Waals surface area contributed by atoms with E-state index < -0.39 is 24.5 Å². The van der Waals surface area contributed by atoms with Gasteiger partial charge in [0.2, 0.25) is 5.91 Å². The van der Waals surface area contributed by atoms with Crippen molar-refractivity contribution in [3.8, 4) is 0 Å². The van der Waals surface area contributed by atoms with Crippen LogP contribution >= 0.6 is 0 Å². The van der Waals surface area contributed by atoms with Gasteiger partial charge in [-0.15, -0.1) is 0 Å². The molecule has 0 saturated carbocycles. The molecule has 0 aliphatic heterocycles. The van der Waals surface area contributed by atoms with Gasteiger partial charge < -0.3 is 20.1 Å². The molecular weight excluding hydrogens is 250 g/mol. The zero-order chi connectivity index (χ0) is 14.3. The van der Waals surface area contributed by atoms with Gasteiger partial charge in [0, 0.05) is 24.9 Å². The van der Waals surface area contributed by atoms with E-state index in [0.717, 1.165) is 12.8 Å². The molecule has 1 unspecified atom stereocenters. The van der Waals surface area contributed by atoms with Gasteiger partial charge in [0.1, 0.15) is 6.04 Å². The number of amides is 1. The summed E-state index contributed by atoms with van der Waals surface area (Å²) in [6, 6.07) is -1.31. The van der Waals surface area contributed by atoms with Gasteiger partial charge in [0.25, 0.3) is 0 Å². The number of aliphatic hydroxyl groups is 1. The summed E-state index contributed by atoms with van der Waals surface area (Å²) >= 11 is 0. The largest absolute Gasteiger partial charge is 0.480 e. The Morgan fingerprint density at radius 2 is 2.21 bits per heavy atom. The van der Waals surface area contributed by atoms with Crippen LogP contribution in [0.25, 0.3) is 0 Å². The van der Waals surface area contributed by atoms with Crippen LogP contribution in [-0.2, 0) is 9.59 Å². The van der Waals surface area contributed by atoms with E-state index in [1.165, 1.54) is 0 Å². The van der Waals surface area contributed by atoms with Crippen molar-refractivity contribution in [3.63, 3.8) is 0 Å². The van der Waals surface area contributed by atoms with E-state index in [2.05, 4.69) is 10.3 Å². The second kappa shape index (κ2) is 7.52. The minimum absolute atomic E-state index is 0.0550. The summed E-state index contributed by atoms with van der Waals surface area (Å²) < 4.78 is 1.83. The summed E-state index contributed by atoms with van der Waals surface area (Å²) in [5.74, 6) is -1.64. The number of hydrogen-bond donors (Lipinski definition) is 3. The Balaban J connectivity index is 2.59. The summed E-state index contributed by atoms with van der Waals surface area (Å²) in [4.78, 5) is 26.4. The predicted molar refractivity (Wildman–Crippen MR) is 67.4 cm³/mol. The van der Waals surface area contributed by atoms with Gasteiger partial charge in [-0.3, -0.25) is 4.79 Å². The molecule has 1 rings (SSSR count). The lowest BCUT2D eigenvalue weighted by Gasteiger charge is -2.18. The summed E-state index contributed by atoms with van der Waals surface area (Å²) in [6.07, 6.45) is 6.89. The minimum atomic E-state index is -1.25. The molecule has 0 aromatic carbocycles. The first kappa shape index (κ1) is 15.2. The molecule has 1 aromatic heterocycles. The van der Waals surface area contributed by atoms with E-state index in [4.69, 9.17) is 10.2 Å². The fourth-order valence-corrected chi connectivity index (χ4v) is 1.83. The van der Waals surface area contributed by atoms with Gasteiger partial charge in [-0.25, -0.2) is 9.78 Å². The topological polar surface area (TPSA) is 104 Å². The van der Waals surface area contributed by atoms with Crippen LogP contribution in [0.1, 0.15) is 32.2 Å². The molecule has 1 aromatic rings. The van der Waals surface area contributed by atoms with Crippen molar-refractivity contribution in [2.24, 2.45) is 0 Å². The van der Waals surface area contributed by atoms with Crippen molar-refractivity contribution in [2.75, 3.05) is 6.61 Å². The molecule has 7 heteroatoms. The molecule has 0 bridgehead atoms. The Hall–Kier alpha value is -1.89. The first-order chi connectivity index (χ1) is 9.08. The number of imidazole rings is 1. The first-order valence-corrected chi connectivity index (χ1v) is 6.19. The molecular formula is C12H19N3O4. The van der Waals surface area contributed by atoms with Crippen molar-refractivity contribution in [1.82, 2.24) is 14.9 Å². The van der Waals surface area contributed by atoms with Crippen LogP contribution in [0.15, 0.2) is 18.7 Å². The minimum Gasteiger partial charge on any atom is -0.480 e. The number of carboxylic acids is 1. The summed E-state index contributed by atoms with van der Waals surface area (Å²) in [7, 11) is 0. The van der Waals surface area contributed by atoms with Crippen molar-refractivity contribution < 1.29 is 19.8 Å². The monoisotopic (exact) mass is 269 g/mol. The lowest BCUT2D eigenvalue weighted by Crippen LogP contribution is -2.43. The Kier molecular flexibility index (Phi) is 6.01. The number of rotatable bonds is 8. The lowest BCUT2D eigenvalue weighted by molar-refractivity contribution is -0.143. The van der Waals surface area contributed by atoms with Crippen molar-refractivity contribution in [1.29, 1.82) is 0 Å². The number of carboxylic acid groups (broad SMARTS) is 1. The van der Waals surface area contributed by atoms with Crippen molar-refractivity contribution >= 4 is 11.9 Å². The van der Waals surface area contributed by atoms with E-state index in [1.807, 2.05) is 11.5 Å². The smallest absolute Gasteiger partial charge is 0.328 e. The third kappa shape index (κ3) is 4.70. The SMILES string of the molecule is CCCC(CC(=O)N[C@H](CO)C(=O)O)n1ccnc1. The highest BCUT2D eigenvalue weighted by Gasteiger charge is 2.21. The molecule has 19 heavy (non-hydrogen) atoms. The molecule has 3 N–H and O–H groups in total. The second-order valence-electron chi connectivity index (χ2n) is 4.30. The summed E-state index contributed by atoms with van der Waals surface area (Å²) in [6.45, 7) is 1.39. The molecule has 1 heterocycles. The van der Waals surface area contributed by atoms with Gasteiger partial charge in [-0.2, -0.15) is 0 Å². The highest BCUT2D eigenvalue weighted by atomic mass is 16.4. The van der Waals surface area contributed by atoms with E-state index >= 15 is 0 Å². The quantitative estimate of drug-likeness (QED) is 0.624. The van der Waals surface area contributed by atoms with Gasteiger partial charge in [-0.05, 0) is 6.42 Å². The number of nitrogens with zero attached hydrogens (tertiary/aromatic N) is 2. The third-order valence-electron chi connectivity index (χ3n) is 2.81. The molecule has 0 fully saturated rings. The first-order valence-electron chi connectivity index (χ1n) is 6.19. The Labute approximate surface area is 111 Å². The van der Waals surface area contributed by atoms with Crippen molar-refractivity contribution in [3.05, 3.63) is 18.7 Å². The highest BCUT2D eigenvalue weighted by molar-refractivity contribution is 5.83. The normalized spacial score (nSPS) is 13.8. The molecule has 106 valence electrons. The van der Waals surface area contributed by atoms with Gasteiger partial charge >= 0.3 is 5.97 Å². The Bertz CT molecular complexity index is 405. The highest BCUT2D eigenvalue weighted by Crippen LogP contribution is 2.17. The maximum Gasteiger partial charge on any atom is 0.328 e. The Morgan fingerprint density at radius 3 is 2.68 bits per heavy atom. The lowest BCUT2D eigenvalue weighted by atomic mass is 10.1. The van der Waals surface area contributed by atoms with Crippen LogP contribution in [0.3, 0.4) is 0 Å². The number of nitrogens with one attached hydrogen (secondary N) is 1. The number of hydrogen-bond acceptors (Lipinski definition) is 4. The van der Waals surface area contributed by atoms with Crippen LogP contribution in [0.4, 0.5) is 0 Å². The zero-order valence-electron chi connectivity index (χ0n) is 10.8. The maximum atomic E-state index is 11.8. The van der Waals surface area contributed by atoms with Gasteiger partial charge in [0.15, 0.2) is 0 Å². The molecule has 7 nitrogen and oxygen atoms in total. The zero-order valence-corrected chi connectivity index (χ0v) is 10.8. The van der Waals surface area contributed by atoms with Crippen LogP contribution in [0.5, 0.6) is 0 Å². The Morgan fingerprint density at radius 1 is 1.47 bits per heavy atom. The molecule has 0 aliphatic carbocycles. The number of aliphatic carboxylic acids is 1. The number of carbonyl (C=O) groups is 2. The summed E-state index contributed by atoms with van der Waals surface area (Å²) in [5.41, 5.74) is 0. The van der Waals surface area contributed by atoms with Crippen LogP contribution in [0, 0.1) is 0 Å². The maximum absolute atomic E-state index is 11.8. The molecule has 0 spiro atoms. The van der Waals surface area contributed by atoms with E-state index in [-0.39, 0.29) is 12.5 Å². The van der Waals surface area contributed by atoms with Gasteiger partial charge in [0.05, 0.1) is 12.9 Å². The molecule has 2 atom stereocenters. The van der Waals surface area contributed by atoms with Crippen LogP contribution < -0.4 is 5.32 Å². The number of aromatic nitrogens is 2. The standard InChI is InChI=1S/C12H19N3O4/c1-2-3-9(15-5-4-13-8-15)6-11(17)14-10(7-16)12(18)19/h4-5,8-10,16H,2-3,6-7H2,1H3,(H,14,17)(H,18,19)/t9?,10-/m1/s1. The number of aliphatic hydroxyl groups excluding tert-OH is 1. The third-order valence-corrected chi connectivity index (χ3v) is 2.81. The van der Waals surface area contributed by atoms with Gasteiger partial charge in [-0.1, -0.05) is 13.3 Å². The molecule has 1 amide bonds. The van der Waals surface area contributed by atoms with Crippen molar-refractivity contribution in [2.45, 2.75) is 38.3 Å². The number of carbonyl (C=O) groups excluding carboxylic acids is 1. The second-order valence-corrected chi connectivity index (χ2v) is 4.30. The fourth-order valence-electron chi connectivity index (χ4n) is 1.83. The molecule has 0 saturated heterocycles. The van der Waals surface area contributed by atoms with E-state index in [0.29, 0.717) is 0 Å². The van der Waals surface area contributed by atoms with Crippen LogP contribution in [0.2, 0.25) is 0 Å². The molecule has 0 radical (unpaired) electrons. The molecule has 0 aliphatic rings. The summed E-state index contributed by atoms with van der Waals surface area (Å²) in [5, 5.41) is 19.9. The van der Waals surface area contributed by atoms with E-state index in [1.54, 1.807) is 18.7 Å².